The van der Waals surface area contributed by atoms with Gasteiger partial charge in [-0.1, -0.05) is 13.3 Å². The van der Waals surface area contributed by atoms with E-state index < -0.39 is 0 Å². The molecule has 1 fully saturated rings. The van der Waals surface area contributed by atoms with Crippen LogP contribution in [0.15, 0.2) is 0 Å². The first-order valence-corrected chi connectivity index (χ1v) is 8.98. The fourth-order valence-electron chi connectivity index (χ4n) is 3.06. The molecule has 0 saturated carbocycles. The Balaban J connectivity index is 1.97. The van der Waals surface area contributed by atoms with Crippen molar-refractivity contribution in [3.05, 3.63) is 10.6 Å². The van der Waals surface area contributed by atoms with Crippen molar-refractivity contribution < 1.29 is 0 Å². The minimum Gasteiger partial charge on any atom is -0.348 e. The second-order valence-electron chi connectivity index (χ2n) is 6.34. The number of aryl methyl sites for hydroxylation is 1. The molecule has 1 aliphatic heterocycles. The van der Waals surface area contributed by atoms with Crippen LogP contribution >= 0.6 is 11.3 Å². The van der Waals surface area contributed by atoms with Gasteiger partial charge in [-0.15, -0.1) is 11.3 Å². The molecule has 0 unspecified atom stereocenters. The van der Waals surface area contributed by atoms with Crippen LogP contribution in [0.2, 0.25) is 0 Å². The largest absolute Gasteiger partial charge is 0.348 e. The van der Waals surface area contributed by atoms with Gasteiger partial charge in [-0.2, -0.15) is 0 Å². The third kappa shape index (κ3) is 4.66. The van der Waals surface area contributed by atoms with Crippen LogP contribution in [0.1, 0.15) is 36.8 Å². The van der Waals surface area contributed by atoms with E-state index in [1.165, 1.54) is 41.5 Å². The van der Waals surface area contributed by atoms with Gasteiger partial charge < -0.3 is 15.1 Å². The molecule has 2 rings (SSSR count). The SMILES string of the molecule is CCCc1nc(N2CCC(CN(C)C)CC2)sc1CNC. The van der Waals surface area contributed by atoms with E-state index in [-0.39, 0.29) is 0 Å². The van der Waals surface area contributed by atoms with Crippen molar-refractivity contribution in [1.82, 2.24) is 15.2 Å². The Hall–Kier alpha value is -0.650. The van der Waals surface area contributed by atoms with Crippen LogP contribution in [0.5, 0.6) is 0 Å². The molecule has 0 aromatic carbocycles. The van der Waals surface area contributed by atoms with E-state index in [9.17, 15) is 0 Å². The van der Waals surface area contributed by atoms with Crippen LogP contribution in [-0.4, -0.2) is 50.7 Å². The maximum absolute atomic E-state index is 4.92. The first-order chi connectivity index (χ1) is 10.1. The molecule has 0 atom stereocenters. The molecular formula is C16H30N4S. The van der Waals surface area contributed by atoms with Crippen molar-refractivity contribution in [2.45, 2.75) is 39.2 Å². The average molecular weight is 311 g/mol. The highest BCUT2D eigenvalue weighted by molar-refractivity contribution is 7.15. The number of hydrogen-bond acceptors (Lipinski definition) is 5. The van der Waals surface area contributed by atoms with Crippen molar-refractivity contribution >= 4 is 16.5 Å². The van der Waals surface area contributed by atoms with Gasteiger partial charge in [0.1, 0.15) is 0 Å². The van der Waals surface area contributed by atoms with Gasteiger partial charge in [-0.05, 0) is 46.3 Å². The number of piperidine rings is 1. The third-order valence-electron chi connectivity index (χ3n) is 4.10. The van der Waals surface area contributed by atoms with Gasteiger partial charge in [0.2, 0.25) is 0 Å². The molecule has 4 nitrogen and oxygen atoms in total. The lowest BCUT2D eigenvalue weighted by Gasteiger charge is -2.33. The van der Waals surface area contributed by atoms with E-state index >= 15 is 0 Å². The molecule has 21 heavy (non-hydrogen) atoms. The number of rotatable bonds is 7. The van der Waals surface area contributed by atoms with E-state index in [1.807, 2.05) is 18.4 Å². The van der Waals surface area contributed by atoms with E-state index in [4.69, 9.17) is 4.98 Å². The van der Waals surface area contributed by atoms with E-state index in [0.29, 0.717) is 0 Å². The molecule has 120 valence electrons. The second-order valence-corrected chi connectivity index (χ2v) is 7.40. The first kappa shape index (κ1) is 16.7. The minimum absolute atomic E-state index is 0.850. The number of hydrogen-bond donors (Lipinski definition) is 1. The van der Waals surface area contributed by atoms with Crippen molar-refractivity contribution in [3.8, 4) is 0 Å². The Morgan fingerprint density at radius 2 is 2.05 bits per heavy atom. The van der Waals surface area contributed by atoms with Crippen LogP contribution in [0.25, 0.3) is 0 Å². The minimum atomic E-state index is 0.850. The molecule has 0 aliphatic carbocycles. The van der Waals surface area contributed by atoms with Gasteiger partial charge in [0.25, 0.3) is 0 Å². The van der Waals surface area contributed by atoms with Gasteiger partial charge in [0.15, 0.2) is 5.13 Å². The summed E-state index contributed by atoms with van der Waals surface area (Å²) in [6.45, 7) is 6.73. The molecule has 2 heterocycles. The lowest BCUT2D eigenvalue weighted by molar-refractivity contribution is 0.285. The Bertz CT molecular complexity index is 398. The van der Waals surface area contributed by atoms with E-state index in [1.54, 1.807) is 0 Å². The standard InChI is InChI=1S/C16H30N4S/c1-5-6-14-15(11-17-2)21-16(18-14)20-9-7-13(8-10-20)12-19(3)4/h13,17H,5-12H2,1-4H3. The molecule has 1 aromatic heterocycles. The summed E-state index contributed by atoms with van der Waals surface area (Å²) in [5.41, 5.74) is 1.31. The normalized spacial score (nSPS) is 16.9. The fraction of sp³-hybridized carbons (Fsp3) is 0.812. The summed E-state index contributed by atoms with van der Waals surface area (Å²) in [5.74, 6) is 0.850. The topological polar surface area (TPSA) is 31.4 Å². The lowest BCUT2D eigenvalue weighted by Crippen LogP contribution is -2.37. The zero-order valence-corrected chi connectivity index (χ0v) is 14.8. The second kappa shape index (κ2) is 8.11. The molecule has 1 aliphatic rings. The summed E-state index contributed by atoms with van der Waals surface area (Å²) >= 11 is 1.89. The summed E-state index contributed by atoms with van der Waals surface area (Å²) in [4.78, 5) is 11.2. The monoisotopic (exact) mass is 310 g/mol. The highest BCUT2D eigenvalue weighted by Gasteiger charge is 2.22. The van der Waals surface area contributed by atoms with Crippen molar-refractivity contribution in [1.29, 1.82) is 0 Å². The predicted molar refractivity (Wildman–Crippen MR) is 92.4 cm³/mol. The zero-order chi connectivity index (χ0) is 15.2. The fourth-order valence-corrected chi connectivity index (χ4v) is 4.23. The molecule has 0 spiro atoms. The van der Waals surface area contributed by atoms with Gasteiger partial charge in [0.05, 0.1) is 5.69 Å². The number of thiazole rings is 1. The molecule has 0 amide bonds. The first-order valence-electron chi connectivity index (χ1n) is 8.16. The molecule has 0 bridgehead atoms. The smallest absolute Gasteiger partial charge is 0.185 e. The Morgan fingerprint density at radius 1 is 1.33 bits per heavy atom. The quantitative estimate of drug-likeness (QED) is 0.839. The van der Waals surface area contributed by atoms with Gasteiger partial charge >= 0.3 is 0 Å². The molecule has 1 N–H and O–H groups in total. The van der Waals surface area contributed by atoms with Gasteiger partial charge in [-0.25, -0.2) is 4.98 Å². The summed E-state index contributed by atoms with van der Waals surface area (Å²) in [6, 6.07) is 0. The number of aromatic nitrogens is 1. The number of nitrogens with zero attached hydrogens (tertiary/aromatic N) is 3. The predicted octanol–water partition coefficient (Wildman–Crippen LogP) is 2.59. The summed E-state index contributed by atoms with van der Waals surface area (Å²) < 4.78 is 0. The molecule has 0 radical (unpaired) electrons. The van der Waals surface area contributed by atoms with Crippen LogP contribution in [0, 0.1) is 5.92 Å². The molecular weight excluding hydrogens is 280 g/mol. The Morgan fingerprint density at radius 3 is 2.62 bits per heavy atom. The number of nitrogens with one attached hydrogen (secondary N) is 1. The van der Waals surface area contributed by atoms with Crippen LogP contribution < -0.4 is 10.2 Å². The maximum atomic E-state index is 4.92. The van der Waals surface area contributed by atoms with E-state index in [2.05, 4.69) is 36.1 Å². The molecule has 5 heteroatoms. The maximum Gasteiger partial charge on any atom is 0.185 e. The summed E-state index contributed by atoms with van der Waals surface area (Å²) in [5, 5.41) is 4.52. The average Bonchev–Trinajstić information content (AvgIpc) is 2.83. The summed E-state index contributed by atoms with van der Waals surface area (Å²) in [7, 11) is 6.37. The summed E-state index contributed by atoms with van der Waals surface area (Å²) in [6.07, 6.45) is 4.86. The third-order valence-corrected chi connectivity index (χ3v) is 5.26. The van der Waals surface area contributed by atoms with Crippen LogP contribution in [-0.2, 0) is 13.0 Å². The van der Waals surface area contributed by atoms with Crippen molar-refractivity contribution in [2.75, 3.05) is 45.7 Å². The van der Waals surface area contributed by atoms with Crippen LogP contribution in [0.3, 0.4) is 0 Å². The lowest BCUT2D eigenvalue weighted by atomic mass is 9.97. The highest BCUT2D eigenvalue weighted by Crippen LogP contribution is 2.30. The Kier molecular flexibility index (Phi) is 6.45. The van der Waals surface area contributed by atoms with Crippen molar-refractivity contribution in [3.63, 3.8) is 0 Å². The molecule has 1 saturated heterocycles. The van der Waals surface area contributed by atoms with E-state index in [0.717, 1.165) is 32.0 Å². The molecule has 1 aromatic rings. The number of anilines is 1. The Labute approximate surface area is 133 Å². The van der Waals surface area contributed by atoms with Crippen LogP contribution in [0.4, 0.5) is 5.13 Å². The van der Waals surface area contributed by atoms with Gasteiger partial charge in [0, 0.05) is 31.1 Å². The van der Waals surface area contributed by atoms with Gasteiger partial charge in [-0.3, -0.25) is 0 Å². The zero-order valence-electron chi connectivity index (χ0n) is 14.0. The highest BCUT2D eigenvalue weighted by atomic mass is 32.1. The van der Waals surface area contributed by atoms with Crippen molar-refractivity contribution in [2.24, 2.45) is 5.92 Å².